The number of hydrogen-bond donors (Lipinski definition) is 0. The Kier molecular flexibility index (Phi) is 3.58. The fraction of sp³-hybridized carbons (Fsp3) is 0.500. The second kappa shape index (κ2) is 5.14. The molecule has 0 aliphatic carbocycles. The van der Waals surface area contributed by atoms with Gasteiger partial charge in [0.15, 0.2) is 0 Å². The van der Waals surface area contributed by atoms with Crippen LogP contribution in [-0.4, -0.2) is 24.0 Å². The highest BCUT2D eigenvalue weighted by Crippen LogP contribution is 2.21. The smallest absolute Gasteiger partial charge is 0.228 e. The van der Waals surface area contributed by atoms with Gasteiger partial charge >= 0.3 is 0 Å². The van der Waals surface area contributed by atoms with Crippen molar-refractivity contribution in [3.63, 3.8) is 0 Å². The predicted octanol–water partition coefficient (Wildman–Crippen LogP) is 2.82. The lowest BCUT2D eigenvalue weighted by molar-refractivity contribution is 0.170. The number of likely N-dealkylation sites (tertiary alicyclic amines) is 1. The number of piperidine rings is 1. The van der Waals surface area contributed by atoms with Crippen molar-refractivity contribution in [3.8, 4) is 0 Å². The van der Waals surface area contributed by atoms with E-state index >= 15 is 0 Å². The standard InChI is InChI=1S/C14H18N2/c1-12-10-16(9-8-14(12)15-2)11-13-6-4-3-5-7-13/h3-7,12,14H,8-11H2,1H3. The van der Waals surface area contributed by atoms with Crippen LogP contribution in [0.4, 0.5) is 0 Å². The predicted molar refractivity (Wildman–Crippen MR) is 65.9 cm³/mol. The second-order valence-electron chi connectivity index (χ2n) is 4.68. The van der Waals surface area contributed by atoms with Crippen molar-refractivity contribution in [2.24, 2.45) is 5.92 Å². The first-order valence-corrected chi connectivity index (χ1v) is 5.92. The molecule has 1 fully saturated rings. The Morgan fingerprint density at radius 3 is 2.75 bits per heavy atom. The van der Waals surface area contributed by atoms with Crippen LogP contribution >= 0.6 is 0 Å². The Labute approximate surface area is 97.7 Å². The van der Waals surface area contributed by atoms with Crippen LogP contribution in [0.1, 0.15) is 18.9 Å². The SMILES string of the molecule is [C-]#[N+]C1CCN(Cc2ccccc2)CC1C. The summed E-state index contributed by atoms with van der Waals surface area (Å²) in [4.78, 5) is 6.15. The summed E-state index contributed by atoms with van der Waals surface area (Å²) < 4.78 is 0. The van der Waals surface area contributed by atoms with Gasteiger partial charge in [0.25, 0.3) is 0 Å². The third-order valence-electron chi connectivity index (χ3n) is 3.36. The molecule has 1 aliphatic heterocycles. The summed E-state index contributed by atoms with van der Waals surface area (Å²) >= 11 is 0. The van der Waals surface area contributed by atoms with E-state index in [1.807, 2.05) is 0 Å². The Morgan fingerprint density at radius 2 is 2.12 bits per heavy atom. The van der Waals surface area contributed by atoms with Crippen LogP contribution in [0.3, 0.4) is 0 Å². The van der Waals surface area contributed by atoms with Crippen LogP contribution in [0.5, 0.6) is 0 Å². The van der Waals surface area contributed by atoms with Crippen molar-refractivity contribution in [3.05, 3.63) is 47.3 Å². The van der Waals surface area contributed by atoms with E-state index in [2.05, 4.69) is 47.0 Å². The molecule has 0 radical (unpaired) electrons. The molecule has 16 heavy (non-hydrogen) atoms. The van der Waals surface area contributed by atoms with Gasteiger partial charge in [-0.1, -0.05) is 37.3 Å². The van der Waals surface area contributed by atoms with E-state index in [1.54, 1.807) is 0 Å². The Hall–Kier alpha value is -1.33. The largest absolute Gasteiger partial charge is 0.313 e. The lowest BCUT2D eigenvalue weighted by Crippen LogP contribution is -2.40. The van der Waals surface area contributed by atoms with Gasteiger partial charge < -0.3 is 4.85 Å². The van der Waals surface area contributed by atoms with E-state index in [4.69, 9.17) is 6.57 Å². The van der Waals surface area contributed by atoms with Gasteiger partial charge in [0.1, 0.15) is 0 Å². The van der Waals surface area contributed by atoms with E-state index in [0.29, 0.717) is 5.92 Å². The van der Waals surface area contributed by atoms with Crippen LogP contribution in [0.25, 0.3) is 4.85 Å². The van der Waals surface area contributed by atoms with Gasteiger partial charge in [-0.15, -0.1) is 0 Å². The minimum absolute atomic E-state index is 0.243. The lowest BCUT2D eigenvalue weighted by Gasteiger charge is -2.31. The fourth-order valence-electron chi connectivity index (χ4n) is 2.40. The van der Waals surface area contributed by atoms with E-state index in [9.17, 15) is 0 Å². The zero-order chi connectivity index (χ0) is 11.4. The van der Waals surface area contributed by atoms with Crippen molar-refractivity contribution < 1.29 is 0 Å². The van der Waals surface area contributed by atoms with Crippen molar-refractivity contribution in [1.82, 2.24) is 4.90 Å². The zero-order valence-corrected chi connectivity index (χ0v) is 9.76. The van der Waals surface area contributed by atoms with Crippen LogP contribution in [0, 0.1) is 12.5 Å². The summed E-state index contributed by atoms with van der Waals surface area (Å²) in [5, 5.41) is 0. The lowest BCUT2D eigenvalue weighted by atomic mass is 9.94. The molecular formula is C14H18N2. The van der Waals surface area contributed by atoms with Crippen molar-refractivity contribution in [2.75, 3.05) is 13.1 Å². The maximum Gasteiger partial charge on any atom is 0.228 e. The molecule has 2 nitrogen and oxygen atoms in total. The molecule has 0 amide bonds. The molecule has 1 aliphatic rings. The molecule has 1 heterocycles. The Morgan fingerprint density at radius 1 is 1.38 bits per heavy atom. The summed E-state index contributed by atoms with van der Waals surface area (Å²) in [6.45, 7) is 12.5. The molecule has 2 heteroatoms. The van der Waals surface area contributed by atoms with Crippen LogP contribution in [-0.2, 0) is 6.54 Å². The third-order valence-corrected chi connectivity index (χ3v) is 3.36. The molecule has 84 valence electrons. The maximum absolute atomic E-state index is 7.12. The minimum atomic E-state index is 0.243. The molecule has 0 aromatic heterocycles. The average Bonchev–Trinajstić information content (AvgIpc) is 2.31. The minimum Gasteiger partial charge on any atom is -0.313 e. The quantitative estimate of drug-likeness (QED) is 0.687. The first-order chi connectivity index (χ1) is 7.79. The van der Waals surface area contributed by atoms with Crippen molar-refractivity contribution >= 4 is 0 Å². The summed E-state index contributed by atoms with van der Waals surface area (Å²) in [5.41, 5.74) is 1.37. The van der Waals surface area contributed by atoms with Gasteiger partial charge in [-0.05, 0) is 5.56 Å². The Balaban J connectivity index is 1.92. The number of hydrogen-bond acceptors (Lipinski definition) is 1. The highest BCUT2D eigenvalue weighted by Gasteiger charge is 2.29. The van der Waals surface area contributed by atoms with Crippen molar-refractivity contribution in [2.45, 2.75) is 25.9 Å². The normalized spacial score (nSPS) is 26.2. The topological polar surface area (TPSA) is 7.60 Å². The maximum atomic E-state index is 7.12. The average molecular weight is 214 g/mol. The molecule has 0 saturated carbocycles. The van der Waals surface area contributed by atoms with E-state index in [1.165, 1.54) is 5.56 Å². The molecule has 2 rings (SSSR count). The summed E-state index contributed by atoms with van der Waals surface area (Å²) in [7, 11) is 0. The highest BCUT2D eigenvalue weighted by atomic mass is 15.1. The van der Waals surface area contributed by atoms with Crippen LogP contribution in [0.15, 0.2) is 30.3 Å². The fourth-order valence-corrected chi connectivity index (χ4v) is 2.40. The molecule has 0 bridgehead atoms. The number of benzene rings is 1. The van der Waals surface area contributed by atoms with Crippen LogP contribution in [0.2, 0.25) is 0 Å². The summed E-state index contributed by atoms with van der Waals surface area (Å²) in [6.07, 6.45) is 1.03. The molecule has 2 unspecified atom stereocenters. The molecular weight excluding hydrogens is 196 g/mol. The summed E-state index contributed by atoms with van der Waals surface area (Å²) in [5.74, 6) is 0.509. The first-order valence-electron chi connectivity index (χ1n) is 5.92. The van der Waals surface area contributed by atoms with Gasteiger partial charge in [0, 0.05) is 32.0 Å². The van der Waals surface area contributed by atoms with Crippen LogP contribution < -0.4 is 0 Å². The molecule has 0 N–H and O–H groups in total. The van der Waals surface area contributed by atoms with Gasteiger partial charge in [-0.3, -0.25) is 4.90 Å². The van der Waals surface area contributed by atoms with Crippen molar-refractivity contribution in [1.29, 1.82) is 0 Å². The molecule has 1 aromatic rings. The van der Waals surface area contributed by atoms with Gasteiger partial charge in [-0.2, -0.15) is 0 Å². The molecule has 2 atom stereocenters. The summed E-state index contributed by atoms with van der Waals surface area (Å²) in [6, 6.07) is 10.8. The Bertz CT molecular complexity index is 366. The van der Waals surface area contributed by atoms with E-state index in [-0.39, 0.29) is 6.04 Å². The monoisotopic (exact) mass is 214 g/mol. The number of rotatable bonds is 2. The second-order valence-corrected chi connectivity index (χ2v) is 4.68. The van der Waals surface area contributed by atoms with Gasteiger partial charge in [0.05, 0.1) is 0 Å². The highest BCUT2D eigenvalue weighted by molar-refractivity contribution is 5.14. The zero-order valence-electron chi connectivity index (χ0n) is 9.76. The van der Waals surface area contributed by atoms with E-state index in [0.717, 1.165) is 26.1 Å². The van der Waals surface area contributed by atoms with Gasteiger partial charge in [-0.25, -0.2) is 6.57 Å². The van der Waals surface area contributed by atoms with Gasteiger partial charge in [0.2, 0.25) is 6.04 Å². The number of nitrogens with zero attached hydrogens (tertiary/aromatic N) is 2. The molecule has 0 spiro atoms. The third kappa shape index (κ3) is 2.62. The first kappa shape index (κ1) is 11.2. The molecule has 1 saturated heterocycles. The van der Waals surface area contributed by atoms with E-state index < -0.39 is 0 Å². The molecule has 1 aromatic carbocycles.